The number of hydrogen-bond donors (Lipinski definition) is 0. The molecule has 1 saturated heterocycles. The van der Waals surface area contributed by atoms with Gasteiger partial charge in [-0.2, -0.15) is 0 Å². The molecule has 5 nitrogen and oxygen atoms in total. The highest BCUT2D eigenvalue weighted by molar-refractivity contribution is 5.94. The molecule has 0 aliphatic carbocycles. The van der Waals surface area contributed by atoms with Crippen LogP contribution < -0.4 is 4.90 Å². The molecular weight excluding hydrogens is 374 g/mol. The third-order valence-corrected chi connectivity index (χ3v) is 5.64. The summed E-state index contributed by atoms with van der Waals surface area (Å²) in [5, 5.41) is 4.43. The van der Waals surface area contributed by atoms with Crippen molar-refractivity contribution < 1.29 is 9.32 Å². The van der Waals surface area contributed by atoms with Crippen LogP contribution in [0.2, 0.25) is 0 Å². The van der Waals surface area contributed by atoms with Crippen molar-refractivity contribution in [3.05, 3.63) is 71.3 Å². The van der Waals surface area contributed by atoms with Crippen molar-refractivity contribution in [3.8, 4) is 11.3 Å². The van der Waals surface area contributed by atoms with Gasteiger partial charge in [0, 0.05) is 30.8 Å². The van der Waals surface area contributed by atoms with Gasteiger partial charge in [-0.15, -0.1) is 0 Å². The van der Waals surface area contributed by atoms with Crippen LogP contribution in [0.25, 0.3) is 11.3 Å². The summed E-state index contributed by atoms with van der Waals surface area (Å²) in [7, 11) is 0. The van der Waals surface area contributed by atoms with Crippen LogP contribution in [-0.4, -0.2) is 35.6 Å². The topological polar surface area (TPSA) is 49.6 Å². The van der Waals surface area contributed by atoms with Gasteiger partial charge in [0.05, 0.1) is 12.1 Å². The summed E-state index contributed by atoms with van der Waals surface area (Å²) in [4.78, 5) is 17.5. The fraction of sp³-hybridized carbons (Fsp3) is 0.360. The van der Waals surface area contributed by atoms with E-state index in [1.54, 1.807) is 0 Å². The summed E-state index contributed by atoms with van der Waals surface area (Å²) in [6.07, 6.45) is 3.20. The van der Waals surface area contributed by atoms with E-state index >= 15 is 0 Å². The molecule has 1 fully saturated rings. The van der Waals surface area contributed by atoms with E-state index in [4.69, 9.17) is 4.52 Å². The number of anilines is 1. The van der Waals surface area contributed by atoms with Gasteiger partial charge in [0.15, 0.2) is 0 Å². The Kier molecular flexibility index (Phi) is 6.17. The van der Waals surface area contributed by atoms with Crippen LogP contribution in [0.4, 0.5) is 5.88 Å². The maximum Gasteiger partial charge on any atom is 0.254 e. The third-order valence-electron chi connectivity index (χ3n) is 5.64. The highest BCUT2D eigenvalue weighted by atomic mass is 16.5. The van der Waals surface area contributed by atoms with Gasteiger partial charge >= 0.3 is 0 Å². The molecule has 0 spiro atoms. The van der Waals surface area contributed by atoms with E-state index in [0.717, 1.165) is 66.2 Å². The molecule has 4 rings (SSSR count). The fourth-order valence-corrected chi connectivity index (χ4v) is 4.03. The SMILES string of the molecule is CCCN(Cc1c(-c2ccccc2)noc1N1CCCC1)C(=O)c1ccc(C)cc1. The molecule has 0 atom stereocenters. The van der Waals surface area contributed by atoms with Gasteiger partial charge in [0.2, 0.25) is 5.88 Å². The Morgan fingerprint density at radius 2 is 1.77 bits per heavy atom. The van der Waals surface area contributed by atoms with Crippen LogP contribution in [0.3, 0.4) is 0 Å². The van der Waals surface area contributed by atoms with Crippen LogP contribution in [0.15, 0.2) is 59.1 Å². The quantitative estimate of drug-likeness (QED) is 0.537. The predicted octanol–water partition coefficient (Wildman–Crippen LogP) is 5.30. The lowest BCUT2D eigenvalue weighted by molar-refractivity contribution is 0.0743. The zero-order valence-corrected chi connectivity index (χ0v) is 17.8. The lowest BCUT2D eigenvalue weighted by Crippen LogP contribution is -2.32. The molecule has 1 aliphatic heterocycles. The monoisotopic (exact) mass is 403 g/mol. The van der Waals surface area contributed by atoms with Crippen LogP contribution in [-0.2, 0) is 6.54 Å². The van der Waals surface area contributed by atoms with Gasteiger partial charge in [-0.05, 0) is 38.3 Å². The minimum Gasteiger partial charge on any atom is -0.340 e. The van der Waals surface area contributed by atoms with Crippen molar-refractivity contribution in [2.75, 3.05) is 24.5 Å². The number of aromatic nitrogens is 1. The minimum atomic E-state index is 0.0458. The van der Waals surface area contributed by atoms with Crippen LogP contribution >= 0.6 is 0 Å². The zero-order valence-electron chi connectivity index (χ0n) is 17.8. The molecule has 1 aromatic heterocycles. The highest BCUT2D eigenvalue weighted by Gasteiger charge is 2.27. The van der Waals surface area contributed by atoms with Crippen LogP contribution in [0, 0.1) is 6.92 Å². The number of hydrogen-bond acceptors (Lipinski definition) is 4. The molecule has 1 aliphatic rings. The number of carbonyl (C=O) groups is 1. The van der Waals surface area contributed by atoms with Crippen molar-refractivity contribution in [2.45, 2.75) is 39.7 Å². The van der Waals surface area contributed by atoms with E-state index in [-0.39, 0.29) is 5.91 Å². The Morgan fingerprint density at radius 3 is 2.43 bits per heavy atom. The lowest BCUT2D eigenvalue weighted by Gasteiger charge is -2.24. The molecular formula is C25H29N3O2. The summed E-state index contributed by atoms with van der Waals surface area (Å²) in [5.74, 6) is 0.855. The maximum absolute atomic E-state index is 13.3. The van der Waals surface area contributed by atoms with Crippen molar-refractivity contribution in [1.82, 2.24) is 10.1 Å². The molecule has 0 unspecified atom stereocenters. The van der Waals surface area contributed by atoms with E-state index < -0.39 is 0 Å². The number of aryl methyl sites for hydroxylation is 1. The first-order chi connectivity index (χ1) is 14.7. The van der Waals surface area contributed by atoms with E-state index in [2.05, 4.69) is 17.0 Å². The summed E-state index contributed by atoms with van der Waals surface area (Å²) >= 11 is 0. The van der Waals surface area contributed by atoms with Crippen molar-refractivity contribution in [2.24, 2.45) is 0 Å². The Labute approximate surface area is 178 Å². The molecule has 156 valence electrons. The summed E-state index contributed by atoms with van der Waals surface area (Å²) in [5.41, 5.74) is 4.71. The minimum absolute atomic E-state index is 0.0458. The van der Waals surface area contributed by atoms with Crippen LogP contribution in [0.5, 0.6) is 0 Å². The van der Waals surface area contributed by atoms with Crippen molar-refractivity contribution in [1.29, 1.82) is 0 Å². The van der Waals surface area contributed by atoms with Gasteiger partial charge in [-0.3, -0.25) is 4.79 Å². The fourth-order valence-electron chi connectivity index (χ4n) is 4.03. The summed E-state index contributed by atoms with van der Waals surface area (Å²) in [6.45, 7) is 7.24. The molecule has 3 aromatic rings. The molecule has 0 radical (unpaired) electrons. The van der Waals surface area contributed by atoms with Crippen molar-refractivity contribution >= 4 is 11.8 Å². The van der Waals surface area contributed by atoms with Gasteiger partial charge in [-0.25, -0.2) is 0 Å². The number of benzene rings is 2. The van der Waals surface area contributed by atoms with E-state index in [9.17, 15) is 4.79 Å². The van der Waals surface area contributed by atoms with E-state index in [0.29, 0.717) is 13.1 Å². The van der Waals surface area contributed by atoms with Gasteiger partial charge < -0.3 is 14.3 Å². The molecule has 0 saturated carbocycles. The maximum atomic E-state index is 13.3. The first-order valence-electron chi connectivity index (χ1n) is 10.8. The molecule has 2 aromatic carbocycles. The number of amides is 1. The zero-order chi connectivity index (χ0) is 20.9. The molecule has 1 amide bonds. The largest absolute Gasteiger partial charge is 0.340 e. The first-order valence-corrected chi connectivity index (χ1v) is 10.8. The predicted molar refractivity (Wildman–Crippen MR) is 120 cm³/mol. The van der Waals surface area contributed by atoms with Gasteiger partial charge in [0.1, 0.15) is 5.69 Å². The first kappa shape index (κ1) is 20.2. The smallest absolute Gasteiger partial charge is 0.254 e. The molecule has 0 N–H and O–H groups in total. The average molecular weight is 404 g/mol. The summed E-state index contributed by atoms with van der Waals surface area (Å²) in [6, 6.07) is 17.9. The van der Waals surface area contributed by atoms with Crippen LogP contribution in [0.1, 0.15) is 47.7 Å². The number of nitrogens with zero attached hydrogens (tertiary/aromatic N) is 3. The highest BCUT2D eigenvalue weighted by Crippen LogP contribution is 2.34. The lowest BCUT2D eigenvalue weighted by atomic mass is 10.1. The normalized spacial score (nSPS) is 13.6. The second kappa shape index (κ2) is 9.16. The van der Waals surface area contributed by atoms with Crippen molar-refractivity contribution in [3.63, 3.8) is 0 Å². The Hall–Kier alpha value is -3.08. The molecule has 0 bridgehead atoms. The molecule has 2 heterocycles. The second-order valence-electron chi connectivity index (χ2n) is 7.97. The Morgan fingerprint density at radius 1 is 1.07 bits per heavy atom. The van der Waals surface area contributed by atoms with E-state index in [1.807, 2.05) is 66.4 Å². The number of carbonyl (C=O) groups excluding carboxylic acids is 1. The Balaban J connectivity index is 1.70. The number of rotatable bonds is 7. The third kappa shape index (κ3) is 4.25. The van der Waals surface area contributed by atoms with Gasteiger partial charge in [0.25, 0.3) is 5.91 Å². The van der Waals surface area contributed by atoms with E-state index in [1.165, 1.54) is 0 Å². The standard InChI is InChI=1S/C25H29N3O2/c1-3-15-28(24(29)21-13-11-19(2)12-14-21)18-22-23(20-9-5-4-6-10-20)26-30-25(22)27-16-7-8-17-27/h4-6,9-14H,3,7-8,15-18H2,1-2H3. The van der Waals surface area contributed by atoms with Gasteiger partial charge in [-0.1, -0.05) is 60.1 Å². The second-order valence-corrected chi connectivity index (χ2v) is 7.97. The summed E-state index contributed by atoms with van der Waals surface area (Å²) < 4.78 is 5.85. The molecule has 5 heteroatoms. The average Bonchev–Trinajstić information content (AvgIpc) is 3.44. The Bertz CT molecular complexity index is 973. The molecule has 30 heavy (non-hydrogen) atoms.